The highest BCUT2D eigenvalue weighted by molar-refractivity contribution is 5.80. The number of aromatic amines is 1. The Bertz CT molecular complexity index is 940. The van der Waals surface area contributed by atoms with Crippen molar-refractivity contribution in [2.75, 3.05) is 26.2 Å². The van der Waals surface area contributed by atoms with Crippen molar-refractivity contribution in [1.82, 2.24) is 19.8 Å². The van der Waals surface area contributed by atoms with Crippen LogP contribution in [0.15, 0.2) is 29.1 Å². The molecule has 1 aromatic carbocycles. The Morgan fingerprint density at radius 3 is 2.48 bits per heavy atom. The third kappa shape index (κ3) is 4.49. The molecule has 7 nitrogen and oxygen atoms in total. The Labute approximate surface area is 170 Å². The first-order chi connectivity index (χ1) is 14.1. The van der Waals surface area contributed by atoms with Crippen LogP contribution in [0, 0.1) is 5.92 Å². The summed E-state index contributed by atoms with van der Waals surface area (Å²) in [6.45, 7) is 2.51. The van der Waals surface area contributed by atoms with Gasteiger partial charge in [0.1, 0.15) is 5.82 Å². The standard InChI is InChI=1S/C22H28N4O3/c27-20(25-12-14-26(15-13-25)22(29)16-6-1-2-7-16)11-5-10-19-23-18-9-4-3-8-17(18)21(28)24-19/h3-4,8-9,16H,1-2,5-7,10-15H2,(H,23,24,28). The van der Waals surface area contributed by atoms with Crippen LogP contribution in [0.25, 0.3) is 10.9 Å². The van der Waals surface area contributed by atoms with Gasteiger partial charge < -0.3 is 14.8 Å². The lowest BCUT2D eigenvalue weighted by molar-refractivity contribution is -0.142. The number of para-hydroxylation sites is 1. The first-order valence-electron chi connectivity index (χ1n) is 10.7. The minimum atomic E-state index is -0.139. The number of H-pyrrole nitrogens is 1. The van der Waals surface area contributed by atoms with Crippen molar-refractivity contribution in [2.24, 2.45) is 5.92 Å². The number of hydrogen-bond acceptors (Lipinski definition) is 4. The molecule has 7 heteroatoms. The van der Waals surface area contributed by atoms with E-state index in [1.807, 2.05) is 28.0 Å². The number of carbonyl (C=O) groups is 2. The molecule has 1 aliphatic carbocycles. The molecule has 0 atom stereocenters. The second-order valence-electron chi connectivity index (χ2n) is 8.07. The summed E-state index contributed by atoms with van der Waals surface area (Å²) in [5, 5.41) is 0.581. The average Bonchev–Trinajstić information content (AvgIpc) is 3.28. The lowest BCUT2D eigenvalue weighted by Gasteiger charge is -2.36. The summed E-state index contributed by atoms with van der Waals surface area (Å²) in [5.74, 6) is 1.21. The molecule has 2 fully saturated rings. The van der Waals surface area contributed by atoms with Crippen molar-refractivity contribution in [1.29, 1.82) is 0 Å². The van der Waals surface area contributed by atoms with Crippen molar-refractivity contribution >= 4 is 22.7 Å². The number of aromatic nitrogens is 2. The normalized spacial score (nSPS) is 17.8. The van der Waals surface area contributed by atoms with Gasteiger partial charge in [-0.25, -0.2) is 4.98 Å². The van der Waals surface area contributed by atoms with E-state index in [2.05, 4.69) is 9.97 Å². The Morgan fingerprint density at radius 1 is 1.03 bits per heavy atom. The molecule has 1 aromatic heterocycles. The summed E-state index contributed by atoms with van der Waals surface area (Å²) in [4.78, 5) is 48.3. The van der Waals surface area contributed by atoms with Gasteiger partial charge in [-0.05, 0) is 31.4 Å². The molecule has 0 radical (unpaired) electrons. The summed E-state index contributed by atoms with van der Waals surface area (Å²) in [7, 11) is 0. The average molecular weight is 396 g/mol. The summed E-state index contributed by atoms with van der Waals surface area (Å²) < 4.78 is 0. The van der Waals surface area contributed by atoms with Crippen molar-refractivity contribution in [3.8, 4) is 0 Å². The number of benzene rings is 1. The molecule has 0 unspecified atom stereocenters. The van der Waals surface area contributed by atoms with Gasteiger partial charge in [0.05, 0.1) is 10.9 Å². The zero-order chi connectivity index (χ0) is 20.2. The third-order valence-electron chi connectivity index (χ3n) is 6.11. The number of aryl methyl sites for hydroxylation is 1. The quantitative estimate of drug-likeness (QED) is 0.839. The van der Waals surface area contributed by atoms with Gasteiger partial charge in [0.15, 0.2) is 0 Å². The highest BCUT2D eigenvalue weighted by Crippen LogP contribution is 2.27. The van der Waals surface area contributed by atoms with Crippen LogP contribution in [-0.4, -0.2) is 57.8 Å². The number of fused-ring (bicyclic) bond motifs is 1. The Balaban J connectivity index is 1.24. The monoisotopic (exact) mass is 396 g/mol. The third-order valence-corrected chi connectivity index (χ3v) is 6.11. The minimum absolute atomic E-state index is 0.112. The van der Waals surface area contributed by atoms with Gasteiger partial charge in [-0.2, -0.15) is 0 Å². The lowest BCUT2D eigenvalue weighted by atomic mass is 10.1. The van der Waals surface area contributed by atoms with Gasteiger partial charge >= 0.3 is 0 Å². The summed E-state index contributed by atoms with van der Waals surface area (Å²) in [6.07, 6.45) is 5.98. The van der Waals surface area contributed by atoms with Gasteiger partial charge in [0, 0.05) is 44.9 Å². The van der Waals surface area contributed by atoms with Crippen LogP contribution in [0.3, 0.4) is 0 Å². The molecule has 1 aliphatic heterocycles. The van der Waals surface area contributed by atoms with E-state index in [0.717, 1.165) is 25.7 Å². The maximum Gasteiger partial charge on any atom is 0.258 e. The van der Waals surface area contributed by atoms with Gasteiger partial charge in [-0.3, -0.25) is 14.4 Å². The van der Waals surface area contributed by atoms with E-state index in [-0.39, 0.29) is 23.3 Å². The predicted molar refractivity (Wildman–Crippen MR) is 110 cm³/mol. The van der Waals surface area contributed by atoms with Gasteiger partial charge in [0.25, 0.3) is 5.56 Å². The lowest BCUT2D eigenvalue weighted by Crippen LogP contribution is -2.51. The molecular formula is C22H28N4O3. The first-order valence-corrected chi connectivity index (χ1v) is 10.7. The van der Waals surface area contributed by atoms with E-state index in [9.17, 15) is 14.4 Å². The fourth-order valence-corrected chi connectivity index (χ4v) is 4.43. The number of carbonyl (C=O) groups excluding carboxylic acids is 2. The van der Waals surface area contributed by atoms with Crippen LogP contribution >= 0.6 is 0 Å². The molecule has 2 amide bonds. The fourth-order valence-electron chi connectivity index (χ4n) is 4.43. The topological polar surface area (TPSA) is 86.4 Å². The highest BCUT2D eigenvalue weighted by Gasteiger charge is 2.30. The van der Waals surface area contributed by atoms with Crippen LogP contribution in [0.5, 0.6) is 0 Å². The molecule has 1 N–H and O–H groups in total. The largest absolute Gasteiger partial charge is 0.339 e. The predicted octanol–water partition coefficient (Wildman–Crippen LogP) is 2.11. The zero-order valence-electron chi connectivity index (χ0n) is 16.7. The Morgan fingerprint density at radius 2 is 1.72 bits per heavy atom. The van der Waals surface area contributed by atoms with Crippen LogP contribution in [-0.2, 0) is 16.0 Å². The van der Waals surface area contributed by atoms with Gasteiger partial charge in [0.2, 0.25) is 11.8 Å². The zero-order valence-corrected chi connectivity index (χ0v) is 16.7. The van der Waals surface area contributed by atoms with E-state index in [0.29, 0.717) is 62.2 Å². The molecule has 0 spiro atoms. The molecular weight excluding hydrogens is 368 g/mol. The molecule has 4 rings (SSSR count). The SMILES string of the molecule is O=C(CCCc1nc2ccccc2c(=O)[nH]1)N1CCN(C(=O)C2CCCC2)CC1. The van der Waals surface area contributed by atoms with Gasteiger partial charge in [-0.1, -0.05) is 25.0 Å². The number of piperazine rings is 1. The van der Waals surface area contributed by atoms with E-state index in [1.54, 1.807) is 6.07 Å². The van der Waals surface area contributed by atoms with Gasteiger partial charge in [-0.15, -0.1) is 0 Å². The van der Waals surface area contributed by atoms with Crippen molar-refractivity contribution < 1.29 is 9.59 Å². The van der Waals surface area contributed by atoms with E-state index in [4.69, 9.17) is 0 Å². The molecule has 0 bridgehead atoms. The molecule has 29 heavy (non-hydrogen) atoms. The molecule has 154 valence electrons. The summed E-state index contributed by atoms with van der Waals surface area (Å²) >= 11 is 0. The maximum atomic E-state index is 12.5. The van der Waals surface area contributed by atoms with E-state index in [1.165, 1.54) is 0 Å². The highest BCUT2D eigenvalue weighted by atomic mass is 16.2. The van der Waals surface area contributed by atoms with Crippen molar-refractivity contribution in [3.05, 3.63) is 40.4 Å². The number of amides is 2. The van der Waals surface area contributed by atoms with E-state index < -0.39 is 0 Å². The molecule has 2 aliphatic rings. The Kier molecular flexibility index (Phi) is 5.92. The second-order valence-corrected chi connectivity index (χ2v) is 8.07. The first kappa shape index (κ1) is 19.6. The number of nitrogens with zero attached hydrogens (tertiary/aromatic N) is 3. The number of nitrogens with one attached hydrogen (secondary N) is 1. The molecule has 2 aromatic rings. The van der Waals surface area contributed by atoms with Crippen LogP contribution < -0.4 is 5.56 Å². The second kappa shape index (κ2) is 8.76. The molecule has 2 heterocycles. The fraction of sp³-hybridized carbons (Fsp3) is 0.545. The van der Waals surface area contributed by atoms with Crippen molar-refractivity contribution in [2.45, 2.75) is 44.9 Å². The van der Waals surface area contributed by atoms with Crippen LogP contribution in [0.1, 0.15) is 44.3 Å². The van der Waals surface area contributed by atoms with Crippen LogP contribution in [0.2, 0.25) is 0 Å². The number of rotatable bonds is 5. The maximum absolute atomic E-state index is 12.5. The van der Waals surface area contributed by atoms with E-state index >= 15 is 0 Å². The van der Waals surface area contributed by atoms with Crippen LogP contribution in [0.4, 0.5) is 0 Å². The number of hydrogen-bond donors (Lipinski definition) is 1. The van der Waals surface area contributed by atoms with Crippen molar-refractivity contribution in [3.63, 3.8) is 0 Å². The molecule has 1 saturated carbocycles. The Hall–Kier alpha value is -2.70. The molecule has 1 saturated heterocycles. The minimum Gasteiger partial charge on any atom is -0.339 e. The summed E-state index contributed by atoms with van der Waals surface area (Å²) in [5.41, 5.74) is 0.542. The smallest absolute Gasteiger partial charge is 0.258 e. The summed E-state index contributed by atoms with van der Waals surface area (Å²) in [6, 6.07) is 7.26.